The van der Waals surface area contributed by atoms with Gasteiger partial charge in [-0.2, -0.15) is 0 Å². The summed E-state index contributed by atoms with van der Waals surface area (Å²) in [5.74, 6) is -0.00112. The summed E-state index contributed by atoms with van der Waals surface area (Å²) in [4.78, 5) is 12.2. The molecule has 1 aromatic rings. The molecule has 1 aromatic carbocycles. The van der Waals surface area contributed by atoms with Crippen molar-refractivity contribution in [1.29, 1.82) is 0 Å². The fraction of sp³-hybridized carbons (Fsp3) is 0.533. The summed E-state index contributed by atoms with van der Waals surface area (Å²) in [5, 5.41) is 3.09. The van der Waals surface area contributed by atoms with E-state index >= 15 is 0 Å². The van der Waals surface area contributed by atoms with Crippen molar-refractivity contribution in [2.45, 2.75) is 38.3 Å². The molecule has 3 N–H and O–H groups in total. The SMILES string of the molecule is CC(Oc1ccc(F)cc1Cl)C(=O)NC(C)(CN)C1CC1.Cl. The minimum atomic E-state index is -0.738. The van der Waals surface area contributed by atoms with Gasteiger partial charge in [0.2, 0.25) is 0 Å². The molecule has 22 heavy (non-hydrogen) atoms. The highest BCUT2D eigenvalue weighted by Gasteiger charge is 2.42. The Bertz CT molecular complexity index is 540. The van der Waals surface area contributed by atoms with Crippen molar-refractivity contribution < 1.29 is 13.9 Å². The van der Waals surface area contributed by atoms with Crippen LogP contribution < -0.4 is 15.8 Å². The average molecular weight is 351 g/mol. The van der Waals surface area contributed by atoms with Crippen LogP contribution in [0.1, 0.15) is 26.7 Å². The first-order chi connectivity index (χ1) is 9.85. The van der Waals surface area contributed by atoms with E-state index < -0.39 is 17.5 Å². The zero-order valence-corrected chi connectivity index (χ0v) is 14.1. The third kappa shape index (κ3) is 4.48. The molecule has 4 nitrogen and oxygen atoms in total. The number of ether oxygens (including phenoxy) is 1. The van der Waals surface area contributed by atoms with Crippen LogP contribution in [0, 0.1) is 11.7 Å². The first kappa shape index (κ1) is 19.0. The van der Waals surface area contributed by atoms with Crippen molar-refractivity contribution in [2.24, 2.45) is 11.7 Å². The van der Waals surface area contributed by atoms with Crippen LogP contribution in [0.3, 0.4) is 0 Å². The first-order valence-corrected chi connectivity index (χ1v) is 7.37. The molecule has 0 aromatic heterocycles. The Labute approximate surface area is 140 Å². The van der Waals surface area contributed by atoms with Crippen LogP contribution in [-0.4, -0.2) is 24.1 Å². The number of halogens is 3. The Hall–Kier alpha value is -1.04. The number of carbonyl (C=O) groups excluding carboxylic acids is 1. The molecular weight excluding hydrogens is 330 g/mol. The topological polar surface area (TPSA) is 64.3 Å². The molecule has 1 aliphatic carbocycles. The zero-order valence-electron chi connectivity index (χ0n) is 12.6. The van der Waals surface area contributed by atoms with Crippen LogP contribution in [0.15, 0.2) is 18.2 Å². The molecule has 0 spiro atoms. The van der Waals surface area contributed by atoms with Gasteiger partial charge in [0.15, 0.2) is 6.10 Å². The lowest BCUT2D eigenvalue weighted by Crippen LogP contribution is -2.56. The van der Waals surface area contributed by atoms with E-state index in [1.54, 1.807) is 6.92 Å². The van der Waals surface area contributed by atoms with E-state index in [1.807, 2.05) is 6.92 Å². The lowest BCUT2D eigenvalue weighted by Gasteiger charge is -2.31. The van der Waals surface area contributed by atoms with Crippen molar-refractivity contribution in [1.82, 2.24) is 5.32 Å². The fourth-order valence-electron chi connectivity index (χ4n) is 2.24. The molecule has 0 aliphatic heterocycles. The van der Waals surface area contributed by atoms with Crippen LogP contribution >= 0.6 is 24.0 Å². The second-order valence-electron chi connectivity index (χ2n) is 5.72. The maximum Gasteiger partial charge on any atom is 0.261 e. The molecule has 0 bridgehead atoms. The van der Waals surface area contributed by atoms with Crippen molar-refractivity contribution in [2.75, 3.05) is 6.54 Å². The van der Waals surface area contributed by atoms with Crippen molar-refractivity contribution in [3.63, 3.8) is 0 Å². The highest BCUT2D eigenvalue weighted by Crippen LogP contribution is 2.39. The predicted octanol–water partition coefficient (Wildman–Crippen LogP) is 2.91. The molecule has 2 atom stereocenters. The molecule has 1 aliphatic rings. The molecule has 1 amide bonds. The minimum Gasteiger partial charge on any atom is -0.479 e. The Kier molecular flexibility index (Phi) is 6.47. The summed E-state index contributed by atoms with van der Waals surface area (Å²) in [6.45, 7) is 3.95. The largest absolute Gasteiger partial charge is 0.479 e. The number of nitrogens with two attached hydrogens (primary N) is 1. The number of hydrogen-bond donors (Lipinski definition) is 2. The van der Waals surface area contributed by atoms with E-state index in [0.29, 0.717) is 12.5 Å². The summed E-state index contributed by atoms with van der Waals surface area (Å²) in [7, 11) is 0. The quantitative estimate of drug-likeness (QED) is 0.828. The van der Waals surface area contributed by atoms with Gasteiger partial charge in [0.1, 0.15) is 11.6 Å². The van der Waals surface area contributed by atoms with Crippen LogP contribution in [0.25, 0.3) is 0 Å². The Balaban J connectivity index is 0.00000242. The summed E-state index contributed by atoms with van der Waals surface area (Å²) in [6.07, 6.45) is 1.41. The van der Waals surface area contributed by atoms with Gasteiger partial charge in [-0.25, -0.2) is 4.39 Å². The van der Waals surface area contributed by atoms with Gasteiger partial charge < -0.3 is 15.8 Å². The highest BCUT2D eigenvalue weighted by atomic mass is 35.5. The number of amides is 1. The Morgan fingerprint density at radius 3 is 2.73 bits per heavy atom. The molecule has 1 fully saturated rings. The van der Waals surface area contributed by atoms with Gasteiger partial charge >= 0.3 is 0 Å². The third-order valence-corrected chi connectivity index (χ3v) is 4.17. The maximum absolute atomic E-state index is 13.0. The fourth-order valence-corrected chi connectivity index (χ4v) is 2.45. The maximum atomic E-state index is 13.0. The molecule has 0 heterocycles. The summed E-state index contributed by atoms with van der Waals surface area (Å²) in [6, 6.07) is 3.79. The number of hydrogen-bond acceptors (Lipinski definition) is 3. The predicted molar refractivity (Wildman–Crippen MR) is 87.1 cm³/mol. The van der Waals surface area contributed by atoms with E-state index in [9.17, 15) is 9.18 Å². The smallest absolute Gasteiger partial charge is 0.261 e. The molecule has 0 radical (unpaired) electrons. The second kappa shape index (κ2) is 7.49. The van der Waals surface area contributed by atoms with E-state index in [4.69, 9.17) is 22.1 Å². The molecule has 7 heteroatoms. The Morgan fingerprint density at radius 2 is 2.23 bits per heavy atom. The molecular formula is C15H21Cl2FN2O2. The summed E-state index contributed by atoms with van der Waals surface area (Å²) >= 11 is 5.88. The molecule has 0 saturated heterocycles. The van der Waals surface area contributed by atoms with E-state index in [-0.39, 0.29) is 29.1 Å². The van der Waals surface area contributed by atoms with E-state index in [2.05, 4.69) is 5.32 Å². The number of nitrogens with one attached hydrogen (secondary N) is 1. The zero-order chi connectivity index (χ0) is 15.6. The number of benzene rings is 1. The number of rotatable bonds is 6. The van der Waals surface area contributed by atoms with Crippen LogP contribution in [0.2, 0.25) is 5.02 Å². The third-order valence-electron chi connectivity index (χ3n) is 3.88. The van der Waals surface area contributed by atoms with Gasteiger partial charge in [0.05, 0.1) is 10.6 Å². The monoisotopic (exact) mass is 350 g/mol. The Morgan fingerprint density at radius 1 is 1.59 bits per heavy atom. The van der Waals surface area contributed by atoms with Crippen LogP contribution in [-0.2, 0) is 4.79 Å². The van der Waals surface area contributed by atoms with E-state index in [0.717, 1.165) is 18.9 Å². The van der Waals surface area contributed by atoms with Gasteiger partial charge in [0, 0.05) is 6.54 Å². The minimum absolute atomic E-state index is 0. The van der Waals surface area contributed by atoms with Crippen molar-refractivity contribution in [3.05, 3.63) is 29.0 Å². The molecule has 2 unspecified atom stereocenters. The number of carbonyl (C=O) groups is 1. The van der Waals surface area contributed by atoms with Crippen LogP contribution in [0.4, 0.5) is 4.39 Å². The molecule has 124 valence electrons. The lowest BCUT2D eigenvalue weighted by molar-refractivity contribution is -0.129. The molecule has 1 saturated carbocycles. The first-order valence-electron chi connectivity index (χ1n) is 6.99. The highest BCUT2D eigenvalue weighted by molar-refractivity contribution is 6.32. The molecule has 2 rings (SSSR count). The summed E-state index contributed by atoms with van der Waals surface area (Å²) < 4.78 is 18.5. The van der Waals surface area contributed by atoms with Gasteiger partial charge in [-0.3, -0.25) is 4.79 Å². The average Bonchev–Trinajstić information content (AvgIpc) is 3.26. The normalized spacial score (nSPS) is 17.9. The van der Waals surface area contributed by atoms with Gasteiger partial charge in [0.25, 0.3) is 5.91 Å². The summed E-state index contributed by atoms with van der Waals surface area (Å²) in [5.41, 5.74) is 5.37. The second-order valence-corrected chi connectivity index (χ2v) is 6.13. The van der Waals surface area contributed by atoms with Crippen molar-refractivity contribution >= 4 is 29.9 Å². The van der Waals surface area contributed by atoms with Gasteiger partial charge in [-0.1, -0.05) is 11.6 Å². The van der Waals surface area contributed by atoms with Crippen LogP contribution in [0.5, 0.6) is 5.75 Å². The van der Waals surface area contributed by atoms with Gasteiger partial charge in [-0.15, -0.1) is 12.4 Å². The van der Waals surface area contributed by atoms with E-state index in [1.165, 1.54) is 12.1 Å². The lowest BCUT2D eigenvalue weighted by atomic mass is 9.95. The van der Waals surface area contributed by atoms with Crippen molar-refractivity contribution in [3.8, 4) is 5.75 Å². The standard InChI is InChI=1S/C15H20ClFN2O2.ClH/c1-9(21-13-6-5-11(17)7-12(13)16)14(20)19-15(2,8-18)10-3-4-10;/h5-7,9-10H,3-4,8,18H2,1-2H3,(H,19,20);1H. The van der Waals surface area contributed by atoms with Gasteiger partial charge in [-0.05, 0) is 50.8 Å².